The van der Waals surface area contributed by atoms with Crippen molar-refractivity contribution in [1.82, 2.24) is 5.32 Å². The average molecular weight is 328 g/mol. The molecule has 0 aliphatic rings. The minimum atomic E-state index is -1.03. The normalized spacial score (nSPS) is 11.7. The highest BCUT2D eigenvalue weighted by Crippen LogP contribution is 2.15. The molecule has 4 N–H and O–H groups in total. The van der Waals surface area contributed by atoms with Crippen molar-refractivity contribution in [2.45, 2.75) is 19.0 Å². The fourth-order valence-corrected chi connectivity index (χ4v) is 2.35. The molecule has 6 heteroatoms. The van der Waals surface area contributed by atoms with Gasteiger partial charge in [0.15, 0.2) is 0 Å². The molecule has 0 saturated carbocycles. The predicted molar refractivity (Wildman–Crippen MR) is 90.6 cm³/mol. The van der Waals surface area contributed by atoms with E-state index < -0.39 is 12.0 Å². The third-order valence-corrected chi connectivity index (χ3v) is 3.70. The van der Waals surface area contributed by atoms with Gasteiger partial charge in [0.05, 0.1) is 12.7 Å². The van der Waals surface area contributed by atoms with E-state index in [2.05, 4.69) is 5.32 Å². The minimum Gasteiger partial charge on any atom is -0.478 e. The van der Waals surface area contributed by atoms with Crippen LogP contribution >= 0.6 is 0 Å². The summed E-state index contributed by atoms with van der Waals surface area (Å²) in [7, 11) is 1.35. The summed E-state index contributed by atoms with van der Waals surface area (Å²) in [6.07, 6.45) is 0.487. The zero-order valence-electron chi connectivity index (χ0n) is 13.4. The number of carbonyl (C=O) groups is 2. The average Bonchev–Trinajstić information content (AvgIpc) is 2.59. The van der Waals surface area contributed by atoms with Gasteiger partial charge in [0, 0.05) is 12.2 Å². The molecule has 0 bridgehead atoms. The Bertz CT molecular complexity index is 716. The standard InChI is InChI=1S/C18H20N2O4/c1-24-18(23)16(9-12-5-3-2-4-6-12)20-11-14-8-7-13(17(21)22)10-15(14)19/h2-8,10,16,20H,9,11,19H2,1H3,(H,21,22)/t16-/m0/s1. The number of hydrogen-bond donors (Lipinski definition) is 3. The maximum absolute atomic E-state index is 12.0. The van der Waals surface area contributed by atoms with Crippen molar-refractivity contribution in [3.05, 3.63) is 65.2 Å². The van der Waals surface area contributed by atoms with E-state index in [4.69, 9.17) is 15.6 Å². The molecule has 126 valence electrons. The molecule has 0 saturated heterocycles. The highest BCUT2D eigenvalue weighted by atomic mass is 16.5. The van der Waals surface area contributed by atoms with Gasteiger partial charge < -0.3 is 15.6 Å². The summed E-state index contributed by atoms with van der Waals surface area (Å²) >= 11 is 0. The predicted octanol–water partition coefficient (Wildman–Crippen LogP) is 1.84. The first-order valence-electron chi connectivity index (χ1n) is 7.48. The van der Waals surface area contributed by atoms with Crippen LogP contribution in [0.1, 0.15) is 21.5 Å². The largest absolute Gasteiger partial charge is 0.478 e. The maximum atomic E-state index is 12.0. The third kappa shape index (κ3) is 4.57. The Balaban J connectivity index is 2.07. The van der Waals surface area contributed by atoms with Gasteiger partial charge in [-0.3, -0.25) is 10.1 Å². The second-order valence-electron chi connectivity index (χ2n) is 5.37. The Kier molecular flexibility index (Phi) is 5.92. The van der Waals surface area contributed by atoms with Gasteiger partial charge in [-0.2, -0.15) is 0 Å². The molecule has 0 fully saturated rings. The van der Waals surface area contributed by atoms with Crippen molar-refractivity contribution < 1.29 is 19.4 Å². The molecule has 0 heterocycles. The Morgan fingerprint density at radius 2 is 1.92 bits per heavy atom. The van der Waals surface area contributed by atoms with E-state index >= 15 is 0 Å². The van der Waals surface area contributed by atoms with Gasteiger partial charge in [0.2, 0.25) is 0 Å². The second kappa shape index (κ2) is 8.12. The smallest absolute Gasteiger partial charge is 0.335 e. The van der Waals surface area contributed by atoms with E-state index in [0.29, 0.717) is 18.7 Å². The summed E-state index contributed by atoms with van der Waals surface area (Å²) in [5.74, 6) is -1.39. The van der Waals surface area contributed by atoms with Gasteiger partial charge in [-0.1, -0.05) is 36.4 Å². The highest BCUT2D eigenvalue weighted by Gasteiger charge is 2.19. The lowest BCUT2D eigenvalue weighted by Gasteiger charge is -2.17. The van der Waals surface area contributed by atoms with Crippen molar-refractivity contribution in [2.75, 3.05) is 12.8 Å². The first-order chi connectivity index (χ1) is 11.5. The highest BCUT2D eigenvalue weighted by molar-refractivity contribution is 5.89. The van der Waals surface area contributed by atoms with E-state index in [9.17, 15) is 9.59 Å². The van der Waals surface area contributed by atoms with Crippen LogP contribution in [0.3, 0.4) is 0 Å². The number of benzene rings is 2. The number of aromatic carboxylic acids is 1. The van der Waals surface area contributed by atoms with E-state index in [0.717, 1.165) is 11.1 Å². The number of anilines is 1. The molecule has 0 radical (unpaired) electrons. The molecule has 2 aromatic rings. The molecule has 2 aromatic carbocycles. The number of methoxy groups -OCH3 is 1. The third-order valence-electron chi connectivity index (χ3n) is 3.70. The summed E-state index contributed by atoms with van der Waals surface area (Å²) in [6.45, 7) is 0.332. The van der Waals surface area contributed by atoms with Crippen molar-refractivity contribution in [3.8, 4) is 0 Å². The van der Waals surface area contributed by atoms with Crippen LogP contribution in [0.2, 0.25) is 0 Å². The van der Waals surface area contributed by atoms with E-state index in [1.54, 1.807) is 6.07 Å². The van der Waals surface area contributed by atoms with Gasteiger partial charge in [-0.15, -0.1) is 0 Å². The summed E-state index contributed by atoms with van der Waals surface area (Å²) in [5.41, 5.74) is 8.12. The number of nitrogen functional groups attached to an aromatic ring is 1. The molecule has 2 rings (SSSR count). The molecule has 24 heavy (non-hydrogen) atoms. The van der Waals surface area contributed by atoms with Crippen molar-refractivity contribution >= 4 is 17.6 Å². The Hall–Kier alpha value is -2.86. The monoisotopic (exact) mass is 328 g/mol. The number of hydrogen-bond acceptors (Lipinski definition) is 5. The Morgan fingerprint density at radius 3 is 2.50 bits per heavy atom. The fourth-order valence-electron chi connectivity index (χ4n) is 2.35. The molecule has 0 spiro atoms. The molecule has 0 unspecified atom stereocenters. The SMILES string of the molecule is COC(=O)[C@H](Cc1ccccc1)NCc1ccc(C(=O)O)cc1N. The Morgan fingerprint density at radius 1 is 1.21 bits per heavy atom. The van der Waals surface area contributed by atoms with Crippen molar-refractivity contribution in [1.29, 1.82) is 0 Å². The second-order valence-corrected chi connectivity index (χ2v) is 5.37. The molecular formula is C18H20N2O4. The topological polar surface area (TPSA) is 102 Å². The van der Waals surface area contributed by atoms with Crippen LogP contribution in [0.4, 0.5) is 5.69 Å². The molecule has 1 atom stereocenters. The van der Waals surface area contributed by atoms with Crippen LogP contribution in [-0.4, -0.2) is 30.2 Å². The van der Waals surface area contributed by atoms with Gasteiger partial charge in [0.1, 0.15) is 6.04 Å². The summed E-state index contributed by atoms with van der Waals surface area (Å²) in [4.78, 5) is 22.9. The molecule has 0 aromatic heterocycles. The van der Waals surface area contributed by atoms with Crippen LogP contribution in [0.5, 0.6) is 0 Å². The molecule has 0 aliphatic carbocycles. The van der Waals surface area contributed by atoms with Gasteiger partial charge in [-0.05, 0) is 29.7 Å². The van der Waals surface area contributed by atoms with E-state index in [1.165, 1.54) is 19.2 Å². The summed E-state index contributed by atoms with van der Waals surface area (Å²) in [6, 6.07) is 13.6. The van der Waals surface area contributed by atoms with Gasteiger partial charge in [-0.25, -0.2) is 4.79 Å². The van der Waals surface area contributed by atoms with Gasteiger partial charge >= 0.3 is 11.9 Å². The van der Waals surface area contributed by atoms with E-state index in [1.807, 2.05) is 30.3 Å². The molecule has 0 aliphatic heterocycles. The number of nitrogens with two attached hydrogens (primary N) is 1. The number of carboxylic acids is 1. The number of rotatable bonds is 7. The zero-order valence-corrected chi connectivity index (χ0v) is 13.4. The maximum Gasteiger partial charge on any atom is 0.335 e. The minimum absolute atomic E-state index is 0.130. The van der Waals surface area contributed by atoms with Crippen LogP contribution < -0.4 is 11.1 Å². The number of carbonyl (C=O) groups excluding carboxylic acids is 1. The first kappa shape index (κ1) is 17.5. The molecule has 0 amide bonds. The summed E-state index contributed by atoms with van der Waals surface area (Å²) < 4.78 is 4.84. The first-order valence-corrected chi connectivity index (χ1v) is 7.48. The lowest BCUT2D eigenvalue weighted by molar-refractivity contribution is -0.143. The summed E-state index contributed by atoms with van der Waals surface area (Å²) in [5, 5.41) is 12.1. The van der Waals surface area contributed by atoms with E-state index in [-0.39, 0.29) is 11.5 Å². The van der Waals surface area contributed by atoms with Crippen molar-refractivity contribution in [3.63, 3.8) is 0 Å². The van der Waals surface area contributed by atoms with Gasteiger partial charge in [0.25, 0.3) is 0 Å². The van der Waals surface area contributed by atoms with Crippen molar-refractivity contribution in [2.24, 2.45) is 0 Å². The Labute approximate surface area is 140 Å². The van der Waals surface area contributed by atoms with Crippen LogP contribution in [-0.2, 0) is 22.5 Å². The quantitative estimate of drug-likeness (QED) is 0.529. The van der Waals surface area contributed by atoms with Crippen LogP contribution in [0.15, 0.2) is 48.5 Å². The fraction of sp³-hybridized carbons (Fsp3) is 0.222. The van der Waals surface area contributed by atoms with Crippen LogP contribution in [0, 0.1) is 0 Å². The molecule has 6 nitrogen and oxygen atoms in total. The zero-order chi connectivity index (χ0) is 17.5. The number of ether oxygens (including phenoxy) is 1. The number of nitrogens with one attached hydrogen (secondary N) is 1. The molecular weight excluding hydrogens is 308 g/mol. The number of esters is 1. The van der Waals surface area contributed by atoms with Crippen LogP contribution in [0.25, 0.3) is 0 Å². The number of carboxylic acid groups (broad SMARTS) is 1. The lowest BCUT2D eigenvalue weighted by Crippen LogP contribution is -2.39. The lowest BCUT2D eigenvalue weighted by atomic mass is 10.0.